The molecular weight excluding hydrogens is 373 g/mol. The van der Waals surface area contributed by atoms with E-state index in [1.807, 2.05) is 18.2 Å². The molecule has 1 fully saturated rings. The van der Waals surface area contributed by atoms with Crippen molar-refractivity contribution in [1.82, 2.24) is 15.6 Å². The molecule has 0 bridgehead atoms. The Kier molecular flexibility index (Phi) is 5.02. The van der Waals surface area contributed by atoms with Crippen molar-refractivity contribution >= 4 is 29.2 Å². The van der Waals surface area contributed by atoms with Gasteiger partial charge >= 0.3 is 6.03 Å². The minimum absolute atomic E-state index is 0.0542. The topological polar surface area (TPSA) is 63.2 Å². The number of nitrogens with zero attached hydrogens (tertiary/aromatic N) is 1. The highest BCUT2D eigenvalue weighted by atomic mass is 35.5. The zero-order chi connectivity index (χ0) is 18.1. The fraction of sp³-hybridized carbons (Fsp3) is 0.368. The highest BCUT2D eigenvalue weighted by molar-refractivity contribution is 6.42. The molecule has 2 N–H and O–H groups in total. The van der Waals surface area contributed by atoms with E-state index < -0.39 is 0 Å². The minimum atomic E-state index is -0.191. The standard InChI is InChI=1S/C19H19Cl2N3O2/c20-14-3-1-12-13(17(14)21)2-4-15(12)23-19(25)24-16-7-10-26-18(16)11-5-8-22-9-6-11/h1,3,5-6,8-9,15-16,18H,2,4,7,10H2,(H2,23,24,25)/t15?,16-,18+/m1/s1. The van der Waals surface area contributed by atoms with Crippen LogP contribution in [0.3, 0.4) is 0 Å². The molecule has 1 aromatic carbocycles. The summed E-state index contributed by atoms with van der Waals surface area (Å²) in [4.78, 5) is 16.6. The largest absolute Gasteiger partial charge is 0.371 e. The van der Waals surface area contributed by atoms with Crippen LogP contribution in [0.25, 0.3) is 0 Å². The molecule has 2 heterocycles. The van der Waals surface area contributed by atoms with Crippen LogP contribution >= 0.6 is 23.2 Å². The van der Waals surface area contributed by atoms with Crippen molar-refractivity contribution in [3.8, 4) is 0 Å². The molecule has 0 radical (unpaired) electrons. The minimum Gasteiger partial charge on any atom is -0.371 e. The number of pyridine rings is 1. The number of amides is 2. The summed E-state index contributed by atoms with van der Waals surface area (Å²) in [6, 6.07) is 7.26. The number of rotatable bonds is 3. The second-order valence-corrected chi connectivity index (χ2v) is 7.39. The van der Waals surface area contributed by atoms with Gasteiger partial charge in [-0.1, -0.05) is 29.3 Å². The molecule has 4 rings (SSSR count). The first-order valence-corrected chi connectivity index (χ1v) is 9.44. The van der Waals surface area contributed by atoms with Crippen LogP contribution in [0.2, 0.25) is 10.0 Å². The fourth-order valence-corrected chi connectivity index (χ4v) is 4.21. The number of hydrogen-bond acceptors (Lipinski definition) is 3. The van der Waals surface area contributed by atoms with Crippen molar-refractivity contribution in [3.05, 3.63) is 63.4 Å². The van der Waals surface area contributed by atoms with E-state index in [9.17, 15) is 4.79 Å². The van der Waals surface area contributed by atoms with Crippen LogP contribution in [0.1, 0.15) is 41.7 Å². The quantitative estimate of drug-likeness (QED) is 0.823. The first-order valence-electron chi connectivity index (χ1n) is 8.69. The SMILES string of the molecule is O=C(NC1CCc2c1ccc(Cl)c2Cl)N[C@@H]1CCO[C@H]1c1ccncc1. The van der Waals surface area contributed by atoms with Gasteiger partial charge in [0.25, 0.3) is 0 Å². The Balaban J connectivity index is 1.42. The molecule has 0 spiro atoms. The van der Waals surface area contributed by atoms with E-state index in [2.05, 4.69) is 15.6 Å². The molecule has 0 saturated carbocycles. The van der Waals surface area contributed by atoms with E-state index in [1.54, 1.807) is 18.5 Å². The van der Waals surface area contributed by atoms with Crippen LogP contribution in [0.4, 0.5) is 4.79 Å². The Hall–Kier alpha value is -1.82. The summed E-state index contributed by atoms with van der Waals surface area (Å²) in [6.45, 7) is 0.623. The van der Waals surface area contributed by atoms with Crippen molar-refractivity contribution in [2.75, 3.05) is 6.61 Å². The van der Waals surface area contributed by atoms with E-state index >= 15 is 0 Å². The number of carbonyl (C=O) groups is 1. The van der Waals surface area contributed by atoms with Crippen molar-refractivity contribution < 1.29 is 9.53 Å². The van der Waals surface area contributed by atoms with Gasteiger partial charge in [0.1, 0.15) is 6.10 Å². The molecule has 3 atom stereocenters. The first-order chi connectivity index (χ1) is 12.6. The first kappa shape index (κ1) is 17.6. The zero-order valence-corrected chi connectivity index (χ0v) is 15.6. The average molecular weight is 392 g/mol. The Morgan fingerprint density at radius 1 is 1.12 bits per heavy atom. The normalized spacial score (nSPS) is 24.3. The third kappa shape index (κ3) is 3.39. The third-order valence-corrected chi connectivity index (χ3v) is 5.88. The Labute approximate surface area is 162 Å². The summed E-state index contributed by atoms with van der Waals surface area (Å²) in [6.07, 6.45) is 5.73. The number of aromatic nitrogens is 1. The second-order valence-electron chi connectivity index (χ2n) is 6.61. The molecule has 1 aromatic heterocycles. The van der Waals surface area contributed by atoms with E-state index in [4.69, 9.17) is 27.9 Å². The molecule has 1 saturated heterocycles. The maximum atomic E-state index is 12.5. The predicted octanol–water partition coefficient (Wildman–Crippen LogP) is 4.21. The van der Waals surface area contributed by atoms with Crippen molar-refractivity contribution in [2.24, 2.45) is 0 Å². The van der Waals surface area contributed by atoms with Gasteiger partial charge in [-0.2, -0.15) is 0 Å². The molecule has 1 unspecified atom stereocenters. The summed E-state index contributed by atoms with van der Waals surface area (Å²) >= 11 is 12.4. The summed E-state index contributed by atoms with van der Waals surface area (Å²) in [5.74, 6) is 0. The van der Waals surface area contributed by atoms with Crippen LogP contribution in [-0.2, 0) is 11.2 Å². The van der Waals surface area contributed by atoms with Gasteiger partial charge in [-0.25, -0.2) is 4.79 Å². The highest BCUT2D eigenvalue weighted by Gasteiger charge is 2.32. The highest BCUT2D eigenvalue weighted by Crippen LogP contribution is 2.39. The lowest BCUT2D eigenvalue weighted by Gasteiger charge is -2.22. The van der Waals surface area contributed by atoms with Gasteiger partial charge in [-0.15, -0.1) is 0 Å². The summed E-state index contributed by atoms with van der Waals surface area (Å²) < 4.78 is 5.81. The Morgan fingerprint density at radius 3 is 2.73 bits per heavy atom. The van der Waals surface area contributed by atoms with Crippen LogP contribution in [-0.4, -0.2) is 23.7 Å². The lowest BCUT2D eigenvalue weighted by atomic mass is 10.0. The number of halogens is 2. The smallest absolute Gasteiger partial charge is 0.315 e. The summed E-state index contributed by atoms with van der Waals surface area (Å²) in [5, 5.41) is 7.27. The molecule has 7 heteroatoms. The van der Waals surface area contributed by atoms with Crippen molar-refractivity contribution in [2.45, 2.75) is 37.5 Å². The maximum Gasteiger partial charge on any atom is 0.315 e. The predicted molar refractivity (Wildman–Crippen MR) is 101 cm³/mol. The monoisotopic (exact) mass is 391 g/mol. The van der Waals surface area contributed by atoms with E-state index in [0.717, 1.165) is 36.0 Å². The average Bonchev–Trinajstić information content (AvgIpc) is 3.26. The van der Waals surface area contributed by atoms with Gasteiger partial charge in [-0.3, -0.25) is 4.98 Å². The van der Waals surface area contributed by atoms with E-state index in [-0.39, 0.29) is 24.2 Å². The molecule has 5 nitrogen and oxygen atoms in total. The second kappa shape index (κ2) is 7.43. The van der Waals surface area contributed by atoms with E-state index in [0.29, 0.717) is 16.7 Å². The molecule has 2 aromatic rings. The van der Waals surface area contributed by atoms with Crippen LogP contribution < -0.4 is 10.6 Å². The van der Waals surface area contributed by atoms with E-state index in [1.165, 1.54) is 0 Å². The molecule has 2 aliphatic rings. The van der Waals surface area contributed by atoms with Gasteiger partial charge in [0, 0.05) is 19.0 Å². The molecule has 1 aliphatic heterocycles. The number of ether oxygens (including phenoxy) is 1. The Morgan fingerprint density at radius 2 is 1.92 bits per heavy atom. The van der Waals surface area contributed by atoms with Crippen LogP contribution in [0.5, 0.6) is 0 Å². The summed E-state index contributed by atoms with van der Waals surface area (Å²) in [5.41, 5.74) is 3.10. The van der Waals surface area contributed by atoms with Crippen LogP contribution in [0, 0.1) is 0 Å². The lowest BCUT2D eigenvalue weighted by molar-refractivity contribution is 0.0997. The molecular formula is C19H19Cl2N3O2. The number of nitrogens with one attached hydrogen (secondary N) is 2. The zero-order valence-electron chi connectivity index (χ0n) is 14.0. The summed E-state index contributed by atoms with van der Waals surface area (Å²) in [7, 11) is 0. The fourth-order valence-electron chi connectivity index (χ4n) is 3.77. The molecule has 136 valence electrons. The van der Waals surface area contributed by atoms with Gasteiger partial charge in [0.2, 0.25) is 0 Å². The number of carbonyl (C=O) groups excluding carboxylic acids is 1. The number of urea groups is 1. The Bertz CT molecular complexity index is 816. The van der Waals surface area contributed by atoms with Gasteiger partial charge in [0.05, 0.1) is 22.1 Å². The maximum absolute atomic E-state index is 12.5. The van der Waals surface area contributed by atoms with Crippen LogP contribution in [0.15, 0.2) is 36.7 Å². The van der Waals surface area contributed by atoms with Gasteiger partial charge < -0.3 is 15.4 Å². The lowest BCUT2D eigenvalue weighted by Crippen LogP contribution is -2.44. The molecule has 1 aliphatic carbocycles. The molecule has 26 heavy (non-hydrogen) atoms. The number of fused-ring (bicyclic) bond motifs is 1. The third-order valence-electron chi connectivity index (χ3n) is 5.04. The van der Waals surface area contributed by atoms with Gasteiger partial charge in [-0.05, 0) is 54.2 Å². The van der Waals surface area contributed by atoms with Crippen molar-refractivity contribution in [3.63, 3.8) is 0 Å². The van der Waals surface area contributed by atoms with Gasteiger partial charge in [0.15, 0.2) is 0 Å². The number of benzene rings is 1. The number of hydrogen-bond donors (Lipinski definition) is 2. The molecule has 2 amide bonds. The van der Waals surface area contributed by atoms with Crippen molar-refractivity contribution in [1.29, 1.82) is 0 Å².